The Kier molecular flexibility index (Phi) is 4.42. The summed E-state index contributed by atoms with van der Waals surface area (Å²) in [7, 11) is 1.42. The van der Waals surface area contributed by atoms with Crippen molar-refractivity contribution in [2.45, 2.75) is 31.7 Å². The lowest BCUT2D eigenvalue weighted by Crippen LogP contribution is -2.32. The molecular formula is C12H17ClN4O2. The van der Waals surface area contributed by atoms with Crippen LogP contribution in [0.5, 0.6) is 0 Å². The fourth-order valence-corrected chi connectivity index (χ4v) is 2.53. The van der Waals surface area contributed by atoms with Crippen LogP contribution in [0, 0.1) is 5.92 Å². The van der Waals surface area contributed by atoms with Crippen molar-refractivity contribution in [1.82, 2.24) is 9.97 Å². The Morgan fingerprint density at radius 1 is 1.53 bits per heavy atom. The number of ether oxygens (including phenoxy) is 1. The number of rotatable bonds is 3. The van der Waals surface area contributed by atoms with Gasteiger partial charge in [-0.15, -0.1) is 0 Å². The summed E-state index contributed by atoms with van der Waals surface area (Å²) in [6.07, 6.45) is 4.88. The highest BCUT2D eigenvalue weighted by molar-refractivity contribution is 6.35. The summed E-state index contributed by atoms with van der Waals surface area (Å²) in [5.41, 5.74) is 5.63. The minimum atomic E-state index is -0.153. The lowest BCUT2D eigenvalue weighted by Gasteiger charge is -2.28. The lowest BCUT2D eigenvalue weighted by atomic mass is 9.86. The Hall–Kier alpha value is -1.56. The zero-order chi connectivity index (χ0) is 13.8. The van der Waals surface area contributed by atoms with Crippen LogP contribution in [-0.2, 0) is 9.53 Å². The van der Waals surface area contributed by atoms with Crippen LogP contribution in [0.1, 0.15) is 25.7 Å². The molecular weight excluding hydrogens is 268 g/mol. The number of hydrogen-bond acceptors (Lipinski definition) is 6. The average molecular weight is 285 g/mol. The third kappa shape index (κ3) is 3.26. The van der Waals surface area contributed by atoms with Gasteiger partial charge in [0.1, 0.15) is 17.2 Å². The number of nitrogens with one attached hydrogen (secondary N) is 1. The number of nitrogens with zero attached hydrogens (tertiary/aromatic N) is 2. The van der Waals surface area contributed by atoms with Gasteiger partial charge in [-0.3, -0.25) is 4.79 Å². The molecule has 1 aromatic heterocycles. The second-order valence-corrected chi connectivity index (χ2v) is 5.03. The van der Waals surface area contributed by atoms with E-state index in [1.807, 2.05) is 0 Å². The molecule has 7 heteroatoms. The molecule has 1 fully saturated rings. The highest BCUT2D eigenvalue weighted by Gasteiger charge is 2.28. The molecule has 1 aliphatic carbocycles. The predicted octanol–water partition coefficient (Wildman–Crippen LogP) is 1.86. The molecule has 0 radical (unpaired) electrons. The molecule has 0 amide bonds. The Morgan fingerprint density at radius 2 is 2.32 bits per heavy atom. The van der Waals surface area contributed by atoms with E-state index in [4.69, 9.17) is 22.1 Å². The van der Waals surface area contributed by atoms with Gasteiger partial charge in [-0.2, -0.15) is 0 Å². The number of hydrogen-bond donors (Lipinski definition) is 2. The highest BCUT2D eigenvalue weighted by Crippen LogP contribution is 2.30. The summed E-state index contributed by atoms with van der Waals surface area (Å²) in [4.78, 5) is 19.4. The summed E-state index contributed by atoms with van der Waals surface area (Å²) in [6.45, 7) is 0. The number of aromatic nitrogens is 2. The maximum atomic E-state index is 11.6. The van der Waals surface area contributed by atoms with E-state index in [-0.39, 0.29) is 23.7 Å². The van der Waals surface area contributed by atoms with Gasteiger partial charge in [0.05, 0.1) is 13.0 Å². The van der Waals surface area contributed by atoms with Crippen molar-refractivity contribution in [3.63, 3.8) is 0 Å². The lowest BCUT2D eigenvalue weighted by molar-refractivity contribution is -0.146. The van der Waals surface area contributed by atoms with E-state index in [1.54, 1.807) is 0 Å². The SMILES string of the molecule is COC(=O)[C@@H]1CCC[C@@H](Nc2ncnc(N)c2Cl)C1. The van der Waals surface area contributed by atoms with Gasteiger partial charge in [0.2, 0.25) is 0 Å². The van der Waals surface area contributed by atoms with Crippen LogP contribution in [0.2, 0.25) is 5.02 Å². The molecule has 0 spiro atoms. The van der Waals surface area contributed by atoms with Gasteiger partial charge in [-0.25, -0.2) is 9.97 Å². The van der Waals surface area contributed by atoms with Gasteiger partial charge >= 0.3 is 5.97 Å². The molecule has 0 saturated heterocycles. The smallest absolute Gasteiger partial charge is 0.308 e. The van der Waals surface area contributed by atoms with Crippen LogP contribution in [0.4, 0.5) is 11.6 Å². The fraction of sp³-hybridized carbons (Fsp3) is 0.583. The summed E-state index contributed by atoms with van der Waals surface area (Å²) in [5.74, 6) is 0.554. The number of esters is 1. The molecule has 1 saturated carbocycles. The average Bonchev–Trinajstić information content (AvgIpc) is 2.43. The molecule has 0 aromatic carbocycles. The first-order valence-electron chi connectivity index (χ1n) is 6.22. The van der Waals surface area contributed by atoms with E-state index in [0.29, 0.717) is 17.3 Å². The molecule has 1 aliphatic rings. The molecule has 19 heavy (non-hydrogen) atoms. The molecule has 0 bridgehead atoms. The molecule has 104 valence electrons. The number of carbonyl (C=O) groups is 1. The Balaban J connectivity index is 2.03. The van der Waals surface area contributed by atoms with Crippen molar-refractivity contribution in [2.75, 3.05) is 18.2 Å². The summed E-state index contributed by atoms with van der Waals surface area (Å²) >= 11 is 6.03. The van der Waals surface area contributed by atoms with Crippen molar-refractivity contribution in [1.29, 1.82) is 0 Å². The van der Waals surface area contributed by atoms with Gasteiger partial charge in [0, 0.05) is 6.04 Å². The van der Waals surface area contributed by atoms with Gasteiger partial charge in [-0.1, -0.05) is 18.0 Å². The van der Waals surface area contributed by atoms with Crippen molar-refractivity contribution in [3.8, 4) is 0 Å². The van der Waals surface area contributed by atoms with E-state index in [0.717, 1.165) is 19.3 Å². The molecule has 6 nitrogen and oxygen atoms in total. The van der Waals surface area contributed by atoms with Crippen molar-refractivity contribution in [3.05, 3.63) is 11.3 Å². The first kappa shape index (κ1) is 13.9. The monoisotopic (exact) mass is 284 g/mol. The molecule has 0 unspecified atom stereocenters. The van der Waals surface area contributed by atoms with Crippen LogP contribution in [-0.4, -0.2) is 29.1 Å². The molecule has 1 heterocycles. The van der Waals surface area contributed by atoms with Gasteiger partial charge in [0.25, 0.3) is 0 Å². The van der Waals surface area contributed by atoms with Crippen molar-refractivity contribution in [2.24, 2.45) is 5.92 Å². The Labute approximate surface area is 116 Å². The Morgan fingerprint density at radius 3 is 3.05 bits per heavy atom. The third-order valence-electron chi connectivity index (χ3n) is 3.37. The fourth-order valence-electron chi connectivity index (χ4n) is 2.38. The van der Waals surface area contributed by atoms with E-state index in [2.05, 4.69) is 15.3 Å². The summed E-state index contributed by atoms with van der Waals surface area (Å²) < 4.78 is 4.79. The van der Waals surface area contributed by atoms with Gasteiger partial charge in [-0.05, 0) is 19.3 Å². The van der Waals surface area contributed by atoms with Crippen LogP contribution < -0.4 is 11.1 Å². The van der Waals surface area contributed by atoms with E-state index in [1.165, 1.54) is 13.4 Å². The highest BCUT2D eigenvalue weighted by atomic mass is 35.5. The quantitative estimate of drug-likeness (QED) is 0.823. The summed E-state index contributed by atoms with van der Waals surface area (Å²) in [6, 6.07) is 0.143. The molecule has 3 N–H and O–H groups in total. The van der Waals surface area contributed by atoms with Crippen LogP contribution in [0.3, 0.4) is 0 Å². The zero-order valence-corrected chi connectivity index (χ0v) is 11.5. The Bertz CT molecular complexity index is 469. The topological polar surface area (TPSA) is 90.1 Å². The van der Waals surface area contributed by atoms with Crippen LogP contribution in [0.25, 0.3) is 0 Å². The summed E-state index contributed by atoms with van der Waals surface area (Å²) in [5, 5.41) is 3.55. The van der Waals surface area contributed by atoms with E-state index >= 15 is 0 Å². The van der Waals surface area contributed by atoms with Crippen molar-refractivity contribution < 1.29 is 9.53 Å². The van der Waals surface area contributed by atoms with E-state index in [9.17, 15) is 4.79 Å². The predicted molar refractivity (Wildman–Crippen MR) is 72.8 cm³/mol. The number of nitrogen functional groups attached to an aromatic ring is 1. The van der Waals surface area contributed by atoms with Crippen LogP contribution >= 0.6 is 11.6 Å². The number of anilines is 2. The standard InChI is InChI=1S/C12H17ClN4O2/c1-19-12(18)7-3-2-4-8(5-7)17-11-9(13)10(14)15-6-16-11/h6-8H,2-5H2,1H3,(H3,14,15,16,17)/t7-,8-/m1/s1. The molecule has 2 rings (SSSR count). The number of methoxy groups -OCH3 is 1. The maximum absolute atomic E-state index is 11.6. The molecule has 1 aromatic rings. The largest absolute Gasteiger partial charge is 0.469 e. The zero-order valence-electron chi connectivity index (χ0n) is 10.7. The van der Waals surface area contributed by atoms with Gasteiger partial charge in [0.15, 0.2) is 5.82 Å². The second-order valence-electron chi connectivity index (χ2n) is 4.65. The normalized spacial score (nSPS) is 22.8. The minimum absolute atomic E-state index is 0.0609. The third-order valence-corrected chi connectivity index (χ3v) is 3.74. The molecule has 2 atom stereocenters. The van der Waals surface area contributed by atoms with Gasteiger partial charge < -0.3 is 15.8 Å². The first-order valence-corrected chi connectivity index (χ1v) is 6.60. The number of halogens is 1. The van der Waals surface area contributed by atoms with E-state index < -0.39 is 0 Å². The number of carbonyl (C=O) groups excluding carboxylic acids is 1. The second kappa shape index (κ2) is 6.06. The molecule has 0 aliphatic heterocycles. The van der Waals surface area contributed by atoms with Crippen LogP contribution in [0.15, 0.2) is 6.33 Å². The van der Waals surface area contributed by atoms with Crippen molar-refractivity contribution >= 4 is 29.2 Å². The first-order chi connectivity index (χ1) is 9.11. The number of nitrogens with two attached hydrogens (primary N) is 1. The maximum Gasteiger partial charge on any atom is 0.308 e. The minimum Gasteiger partial charge on any atom is -0.469 e.